The molecule has 0 aromatic heterocycles. The maximum atomic E-state index is 9.50. The van der Waals surface area contributed by atoms with Crippen LogP contribution < -0.4 is 4.90 Å². The maximum Gasteiger partial charge on any atom is 0.265 e. The Morgan fingerprint density at radius 2 is 1.91 bits per heavy atom. The molecule has 2 aromatic rings. The average Bonchev–Trinajstić information content (AvgIpc) is 3.15. The van der Waals surface area contributed by atoms with Crippen LogP contribution in [0.5, 0.6) is 0 Å². The highest BCUT2D eigenvalue weighted by molar-refractivity contribution is 5.63. The highest BCUT2D eigenvalue weighted by Crippen LogP contribution is 2.43. The summed E-state index contributed by atoms with van der Waals surface area (Å²) in [6.45, 7) is 8.55. The van der Waals surface area contributed by atoms with Crippen LogP contribution in [0.4, 0.5) is 5.69 Å². The molecule has 2 aliphatic heterocycles. The molecule has 1 aliphatic carbocycles. The molecule has 0 radical (unpaired) electrons. The first-order valence-corrected chi connectivity index (χ1v) is 11.1. The van der Waals surface area contributed by atoms with Crippen LogP contribution in [0, 0.1) is 17.9 Å². The summed E-state index contributed by atoms with van der Waals surface area (Å²) in [5, 5.41) is 9.50. The monoisotopic (exact) mass is 419 g/mol. The summed E-state index contributed by atoms with van der Waals surface area (Å²) in [6, 6.07) is 17.1. The first-order valence-electron chi connectivity index (χ1n) is 11.1. The minimum absolute atomic E-state index is 0.159. The molecule has 0 unspecified atom stereocenters. The number of nitrogens with zero attached hydrogens (tertiary/aromatic N) is 3. The van der Waals surface area contributed by atoms with E-state index in [0.29, 0.717) is 12.2 Å². The number of nitriles is 1. The molecule has 0 N–H and O–H groups in total. The van der Waals surface area contributed by atoms with Crippen molar-refractivity contribution < 1.29 is 4.74 Å². The molecule has 4 heteroatoms. The van der Waals surface area contributed by atoms with Gasteiger partial charge in [0.15, 0.2) is 0 Å². The van der Waals surface area contributed by atoms with Gasteiger partial charge in [-0.15, -0.1) is 0 Å². The van der Waals surface area contributed by atoms with Gasteiger partial charge in [-0.1, -0.05) is 36.4 Å². The third-order valence-corrected chi connectivity index (χ3v) is 6.72. The third-order valence-electron chi connectivity index (χ3n) is 6.72. The number of ether oxygens (including phenoxy) is 1. The molecule has 158 valence electrons. The first-order chi connectivity index (χ1) is 15.6. The van der Waals surface area contributed by atoms with Crippen molar-refractivity contribution in [2.75, 3.05) is 18.5 Å². The van der Waals surface area contributed by atoms with Crippen molar-refractivity contribution in [2.24, 2.45) is 0 Å². The molecule has 0 saturated carbocycles. The molecular weight excluding hydrogens is 394 g/mol. The number of allylic oxidation sites excluding steroid dienone is 3. The van der Waals surface area contributed by atoms with Gasteiger partial charge in [-0.3, -0.25) is 0 Å². The molecule has 4 nitrogen and oxygen atoms in total. The number of fused-ring (bicyclic) bond motifs is 2. The quantitative estimate of drug-likeness (QED) is 0.468. The zero-order chi connectivity index (χ0) is 22.1. The SMILES string of the molecule is [C-]#[N+]/C(C#N)=C1C=C(/C=C/c2ccc3c(c2)CCCN3C)OC2(C\1)Cc1ccccc1C2. The molecule has 2 heterocycles. The second-order valence-corrected chi connectivity index (χ2v) is 8.97. The van der Waals surface area contributed by atoms with E-state index in [4.69, 9.17) is 11.3 Å². The molecule has 0 saturated heterocycles. The topological polar surface area (TPSA) is 40.6 Å². The van der Waals surface area contributed by atoms with Gasteiger partial charge in [0.05, 0.1) is 12.6 Å². The smallest absolute Gasteiger partial charge is 0.265 e. The van der Waals surface area contributed by atoms with Gasteiger partial charge >= 0.3 is 0 Å². The van der Waals surface area contributed by atoms with Crippen molar-refractivity contribution in [3.63, 3.8) is 0 Å². The lowest BCUT2D eigenvalue weighted by atomic mass is 9.87. The fourth-order valence-electron chi connectivity index (χ4n) is 5.23. The van der Waals surface area contributed by atoms with Crippen LogP contribution in [0.2, 0.25) is 0 Å². The van der Waals surface area contributed by atoms with E-state index >= 15 is 0 Å². The Kier molecular flexibility index (Phi) is 5.08. The molecule has 0 amide bonds. The summed E-state index contributed by atoms with van der Waals surface area (Å²) >= 11 is 0. The van der Waals surface area contributed by atoms with Gasteiger partial charge in [0, 0.05) is 38.5 Å². The lowest BCUT2D eigenvalue weighted by Crippen LogP contribution is -2.36. The van der Waals surface area contributed by atoms with E-state index in [-0.39, 0.29) is 5.70 Å². The summed E-state index contributed by atoms with van der Waals surface area (Å²) in [4.78, 5) is 5.79. The Bertz CT molecular complexity index is 1210. The predicted octanol–water partition coefficient (Wildman–Crippen LogP) is 5.62. The van der Waals surface area contributed by atoms with Crippen LogP contribution in [0.3, 0.4) is 0 Å². The zero-order valence-electron chi connectivity index (χ0n) is 18.3. The summed E-state index contributed by atoms with van der Waals surface area (Å²) in [5.74, 6) is 0.713. The summed E-state index contributed by atoms with van der Waals surface area (Å²) in [5.41, 5.74) is 6.90. The molecule has 3 aliphatic rings. The van der Waals surface area contributed by atoms with Crippen LogP contribution in [0.15, 0.2) is 71.6 Å². The van der Waals surface area contributed by atoms with Crippen LogP contribution in [0.1, 0.15) is 35.1 Å². The summed E-state index contributed by atoms with van der Waals surface area (Å²) in [6.07, 6.45) is 10.4. The van der Waals surface area contributed by atoms with Crippen molar-refractivity contribution in [1.82, 2.24) is 0 Å². The normalized spacial score (nSPS) is 20.1. The van der Waals surface area contributed by atoms with Crippen molar-refractivity contribution in [1.29, 1.82) is 5.26 Å². The third kappa shape index (κ3) is 3.70. The standard InChI is InChI=1S/C28H25N3O/c1-30-26(19-29)24-15-25(32-28(18-24)16-22-6-3-4-7-23(22)17-28)11-9-20-10-12-27-21(14-20)8-5-13-31(27)2/h3-4,6-7,9-12,14-15H,5,8,13,16-18H2,2H3/b11-9+,26-24+. The highest BCUT2D eigenvalue weighted by Gasteiger charge is 2.42. The molecule has 0 bridgehead atoms. The van der Waals surface area contributed by atoms with Crippen LogP contribution in [-0.4, -0.2) is 19.2 Å². The van der Waals surface area contributed by atoms with Crippen molar-refractivity contribution in [2.45, 2.75) is 37.7 Å². The Balaban J connectivity index is 1.47. The number of hydrogen-bond acceptors (Lipinski definition) is 3. The van der Waals surface area contributed by atoms with Crippen LogP contribution in [-0.2, 0) is 24.0 Å². The lowest BCUT2D eigenvalue weighted by molar-refractivity contribution is 0.0108. The van der Waals surface area contributed by atoms with E-state index in [2.05, 4.69) is 71.4 Å². The highest BCUT2D eigenvalue weighted by atomic mass is 16.5. The van der Waals surface area contributed by atoms with Gasteiger partial charge in [0.1, 0.15) is 11.4 Å². The van der Waals surface area contributed by atoms with Crippen molar-refractivity contribution in [3.8, 4) is 6.07 Å². The van der Waals surface area contributed by atoms with E-state index in [1.54, 1.807) is 0 Å². The number of anilines is 1. The van der Waals surface area contributed by atoms with E-state index < -0.39 is 5.60 Å². The van der Waals surface area contributed by atoms with Gasteiger partial charge in [-0.2, -0.15) is 0 Å². The Morgan fingerprint density at radius 1 is 1.12 bits per heavy atom. The summed E-state index contributed by atoms with van der Waals surface area (Å²) in [7, 11) is 2.14. The Labute approximate surface area is 189 Å². The fourth-order valence-corrected chi connectivity index (χ4v) is 5.23. The largest absolute Gasteiger partial charge is 0.486 e. The second-order valence-electron chi connectivity index (χ2n) is 8.97. The van der Waals surface area contributed by atoms with Gasteiger partial charge in [0.25, 0.3) is 5.70 Å². The Hall–Kier alpha value is -3.76. The van der Waals surface area contributed by atoms with Crippen LogP contribution in [0.25, 0.3) is 10.9 Å². The summed E-state index contributed by atoms with van der Waals surface area (Å²) < 4.78 is 6.56. The van der Waals surface area contributed by atoms with Gasteiger partial charge in [-0.05, 0) is 65.0 Å². The number of hydrogen-bond donors (Lipinski definition) is 0. The second kappa shape index (κ2) is 8.06. The van der Waals surface area contributed by atoms with Crippen molar-refractivity contribution >= 4 is 11.8 Å². The maximum absolute atomic E-state index is 9.50. The molecule has 1 spiro atoms. The van der Waals surface area contributed by atoms with Crippen LogP contribution >= 0.6 is 0 Å². The first kappa shape index (κ1) is 20.2. The number of rotatable bonds is 2. The van der Waals surface area contributed by atoms with Gasteiger partial charge in [0.2, 0.25) is 0 Å². The Morgan fingerprint density at radius 3 is 2.62 bits per heavy atom. The van der Waals surface area contributed by atoms with Gasteiger partial charge in [-0.25, -0.2) is 10.1 Å². The average molecular weight is 420 g/mol. The van der Waals surface area contributed by atoms with E-state index in [9.17, 15) is 5.26 Å². The molecule has 2 aromatic carbocycles. The fraction of sp³-hybridized carbons (Fsp3) is 0.286. The van der Waals surface area contributed by atoms with E-state index in [1.165, 1.54) is 28.8 Å². The number of aryl methyl sites for hydroxylation is 1. The molecular formula is C28H25N3O. The molecule has 0 fully saturated rings. The molecule has 5 rings (SSSR count). The molecule has 32 heavy (non-hydrogen) atoms. The molecule has 0 atom stereocenters. The minimum Gasteiger partial charge on any atom is -0.486 e. The van der Waals surface area contributed by atoms with Gasteiger partial charge < -0.3 is 9.64 Å². The van der Waals surface area contributed by atoms with E-state index in [0.717, 1.165) is 36.9 Å². The van der Waals surface area contributed by atoms with E-state index in [1.807, 2.05) is 12.2 Å². The number of benzene rings is 2. The zero-order valence-corrected chi connectivity index (χ0v) is 18.3. The van der Waals surface area contributed by atoms with Crippen molar-refractivity contribution in [3.05, 3.63) is 105 Å². The lowest BCUT2D eigenvalue weighted by Gasteiger charge is -2.35. The minimum atomic E-state index is -0.432. The predicted molar refractivity (Wildman–Crippen MR) is 127 cm³/mol.